The SMILES string of the molecule is O=C(NC1=CC=CC1)c1cccc2cc3ccccc3cc12. The van der Waals surface area contributed by atoms with E-state index in [1.165, 1.54) is 5.39 Å². The minimum absolute atomic E-state index is 0.0455. The molecule has 0 radical (unpaired) electrons. The van der Waals surface area contributed by atoms with Gasteiger partial charge in [-0.2, -0.15) is 0 Å². The molecule has 1 amide bonds. The number of hydrogen-bond donors (Lipinski definition) is 1. The number of fused-ring (bicyclic) bond motifs is 2. The molecule has 0 aliphatic heterocycles. The summed E-state index contributed by atoms with van der Waals surface area (Å²) in [6.45, 7) is 0. The van der Waals surface area contributed by atoms with Gasteiger partial charge in [0, 0.05) is 17.7 Å². The van der Waals surface area contributed by atoms with Gasteiger partial charge in [0.1, 0.15) is 0 Å². The van der Waals surface area contributed by atoms with E-state index < -0.39 is 0 Å². The maximum Gasteiger partial charge on any atom is 0.256 e. The molecule has 0 atom stereocenters. The predicted molar refractivity (Wildman–Crippen MR) is 90.8 cm³/mol. The van der Waals surface area contributed by atoms with Gasteiger partial charge < -0.3 is 5.32 Å². The standard InChI is InChI=1S/C20H15NO/c22-20(21-17-9-3-4-10-17)18-11-5-8-16-12-14-6-1-2-7-15(14)13-19(16)18/h1-9,11-13H,10H2,(H,21,22). The fourth-order valence-corrected chi connectivity index (χ4v) is 2.92. The molecule has 0 heterocycles. The van der Waals surface area contributed by atoms with Crippen molar-refractivity contribution in [2.24, 2.45) is 0 Å². The van der Waals surface area contributed by atoms with E-state index in [2.05, 4.69) is 35.6 Å². The third-order valence-electron chi connectivity index (χ3n) is 4.04. The predicted octanol–water partition coefficient (Wildman–Crippen LogP) is 4.57. The van der Waals surface area contributed by atoms with Crippen molar-refractivity contribution < 1.29 is 4.79 Å². The van der Waals surface area contributed by atoms with Crippen LogP contribution in [-0.4, -0.2) is 5.91 Å². The van der Waals surface area contributed by atoms with Gasteiger partial charge in [0.15, 0.2) is 0 Å². The first-order valence-corrected chi connectivity index (χ1v) is 7.40. The molecule has 0 saturated carbocycles. The van der Waals surface area contributed by atoms with Crippen molar-refractivity contribution in [2.45, 2.75) is 6.42 Å². The second kappa shape index (κ2) is 5.15. The molecule has 2 heteroatoms. The second-order valence-corrected chi connectivity index (χ2v) is 5.50. The molecule has 0 aromatic heterocycles. The topological polar surface area (TPSA) is 29.1 Å². The fraction of sp³-hybridized carbons (Fsp3) is 0.0500. The number of rotatable bonds is 2. The van der Waals surface area contributed by atoms with E-state index in [0.29, 0.717) is 0 Å². The van der Waals surface area contributed by atoms with E-state index in [1.54, 1.807) is 0 Å². The molecule has 0 bridgehead atoms. The minimum atomic E-state index is -0.0455. The lowest BCUT2D eigenvalue weighted by molar-refractivity contribution is 0.0967. The van der Waals surface area contributed by atoms with Gasteiger partial charge in [-0.1, -0.05) is 48.6 Å². The highest BCUT2D eigenvalue weighted by Gasteiger charge is 2.12. The van der Waals surface area contributed by atoms with Crippen LogP contribution in [0.15, 0.2) is 78.5 Å². The van der Waals surface area contributed by atoms with Crippen molar-refractivity contribution in [1.29, 1.82) is 0 Å². The average Bonchev–Trinajstić information content (AvgIpc) is 3.05. The van der Waals surface area contributed by atoms with E-state index >= 15 is 0 Å². The van der Waals surface area contributed by atoms with E-state index in [9.17, 15) is 4.79 Å². The number of hydrogen-bond acceptors (Lipinski definition) is 1. The number of carbonyl (C=O) groups excluding carboxylic acids is 1. The van der Waals surface area contributed by atoms with Crippen LogP contribution in [0, 0.1) is 0 Å². The molecule has 4 rings (SSSR count). The molecule has 3 aromatic rings. The van der Waals surface area contributed by atoms with Crippen molar-refractivity contribution in [3.05, 3.63) is 84.1 Å². The summed E-state index contributed by atoms with van der Waals surface area (Å²) < 4.78 is 0. The minimum Gasteiger partial charge on any atom is -0.325 e. The van der Waals surface area contributed by atoms with Crippen LogP contribution in [0.4, 0.5) is 0 Å². The van der Waals surface area contributed by atoms with Gasteiger partial charge in [-0.15, -0.1) is 0 Å². The van der Waals surface area contributed by atoms with Gasteiger partial charge in [-0.3, -0.25) is 4.79 Å². The lowest BCUT2D eigenvalue weighted by Gasteiger charge is -2.10. The molecule has 0 spiro atoms. The lowest BCUT2D eigenvalue weighted by atomic mass is 9.99. The molecule has 0 saturated heterocycles. The number of nitrogens with one attached hydrogen (secondary N) is 1. The van der Waals surface area contributed by atoms with E-state index in [0.717, 1.165) is 33.8 Å². The summed E-state index contributed by atoms with van der Waals surface area (Å²) in [4.78, 5) is 12.6. The lowest BCUT2D eigenvalue weighted by Crippen LogP contribution is -2.22. The Bertz CT molecular complexity index is 950. The third kappa shape index (κ3) is 2.19. The summed E-state index contributed by atoms with van der Waals surface area (Å²) in [6.07, 6.45) is 6.73. The molecule has 2 nitrogen and oxygen atoms in total. The van der Waals surface area contributed by atoms with Crippen molar-refractivity contribution in [1.82, 2.24) is 5.32 Å². The van der Waals surface area contributed by atoms with Crippen molar-refractivity contribution in [3.8, 4) is 0 Å². The molecule has 0 unspecified atom stereocenters. The first-order valence-electron chi connectivity index (χ1n) is 7.40. The highest BCUT2D eigenvalue weighted by molar-refractivity contribution is 6.11. The van der Waals surface area contributed by atoms with Gasteiger partial charge in [-0.05, 0) is 45.8 Å². The molecule has 1 N–H and O–H groups in total. The molecule has 106 valence electrons. The monoisotopic (exact) mass is 285 g/mol. The van der Waals surface area contributed by atoms with Crippen molar-refractivity contribution in [2.75, 3.05) is 0 Å². The maximum absolute atomic E-state index is 12.6. The van der Waals surface area contributed by atoms with Crippen LogP contribution in [0.3, 0.4) is 0 Å². The molecule has 1 aliphatic carbocycles. The summed E-state index contributed by atoms with van der Waals surface area (Å²) >= 11 is 0. The smallest absolute Gasteiger partial charge is 0.256 e. The number of carbonyl (C=O) groups is 1. The number of benzene rings is 3. The summed E-state index contributed by atoms with van der Waals surface area (Å²) in [6, 6.07) is 18.3. The van der Waals surface area contributed by atoms with Crippen molar-refractivity contribution in [3.63, 3.8) is 0 Å². The Kier molecular flexibility index (Phi) is 3.01. The van der Waals surface area contributed by atoms with Crippen molar-refractivity contribution >= 4 is 27.5 Å². The molecule has 3 aromatic carbocycles. The third-order valence-corrected chi connectivity index (χ3v) is 4.04. The largest absolute Gasteiger partial charge is 0.325 e. The Balaban J connectivity index is 1.82. The van der Waals surface area contributed by atoms with Gasteiger partial charge in [-0.25, -0.2) is 0 Å². The Morgan fingerprint density at radius 1 is 0.909 bits per heavy atom. The summed E-state index contributed by atoms with van der Waals surface area (Å²) in [7, 11) is 0. The van der Waals surface area contributed by atoms with E-state index in [1.807, 2.05) is 42.5 Å². The maximum atomic E-state index is 12.6. The zero-order chi connectivity index (χ0) is 14.9. The molecule has 22 heavy (non-hydrogen) atoms. The van der Waals surface area contributed by atoms with Crippen LogP contribution >= 0.6 is 0 Å². The number of amides is 1. The van der Waals surface area contributed by atoms with Gasteiger partial charge in [0.2, 0.25) is 0 Å². The second-order valence-electron chi connectivity index (χ2n) is 5.50. The summed E-state index contributed by atoms with van der Waals surface area (Å²) in [5.74, 6) is -0.0455. The zero-order valence-electron chi connectivity index (χ0n) is 12.0. The summed E-state index contributed by atoms with van der Waals surface area (Å²) in [5.41, 5.74) is 1.67. The highest BCUT2D eigenvalue weighted by atomic mass is 16.1. The van der Waals surface area contributed by atoms with E-state index in [4.69, 9.17) is 0 Å². The average molecular weight is 285 g/mol. The Morgan fingerprint density at radius 3 is 2.45 bits per heavy atom. The fourth-order valence-electron chi connectivity index (χ4n) is 2.92. The zero-order valence-corrected chi connectivity index (χ0v) is 12.0. The quantitative estimate of drug-likeness (QED) is 0.687. The Hall–Kier alpha value is -2.87. The molecular formula is C20H15NO. The Morgan fingerprint density at radius 2 is 1.68 bits per heavy atom. The van der Waals surface area contributed by atoms with Crippen LogP contribution < -0.4 is 5.32 Å². The normalized spacial score (nSPS) is 13.5. The molecule has 1 aliphatic rings. The van der Waals surface area contributed by atoms with Gasteiger partial charge in [0.25, 0.3) is 5.91 Å². The van der Waals surface area contributed by atoms with Crippen LogP contribution in [0.2, 0.25) is 0 Å². The molecule has 0 fully saturated rings. The highest BCUT2D eigenvalue weighted by Crippen LogP contribution is 2.25. The first-order chi connectivity index (χ1) is 10.8. The van der Waals surface area contributed by atoms with Gasteiger partial charge >= 0.3 is 0 Å². The first kappa shape index (κ1) is 12.8. The summed E-state index contributed by atoms with van der Waals surface area (Å²) in [5, 5.41) is 7.41. The Labute approximate surface area is 128 Å². The van der Waals surface area contributed by atoms with Crippen LogP contribution in [0.25, 0.3) is 21.5 Å². The number of allylic oxidation sites excluding steroid dienone is 3. The van der Waals surface area contributed by atoms with E-state index in [-0.39, 0.29) is 5.91 Å². The van der Waals surface area contributed by atoms with Gasteiger partial charge in [0.05, 0.1) is 0 Å². The van der Waals surface area contributed by atoms with Crippen LogP contribution in [-0.2, 0) is 0 Å². The van der Waals surface area contributed by atoms with Crippen LogP contribution in [0.1, 0.15) is 16.8 Å². The molecular weight excluding hydrogens is 270 g/mol. The van der Waals surface area contributed by atoms with Crippen LogP contribution in [0.5, 0.6) is 0 Å².